The molecule has 0 spiro atoms. The standard InChI is InChI=1S/C8H5BrClFO2/c9-3-6-5(8(12)13)1-4(11)2-7(6)10/h1-2H,3H2,(H,12,13). The van der Waals surface area contributed by atoms with Gasteiger partial charge in [-0.25, -0.2) is 9.18 Å². The normalized spacial score (nSPS) is 10.1. The summed E-state index contributed by atoms with van der Waals surface area (Å²) in [5, 5.41) is 9.10. The van der Waals surface area contributed by atoms with Crippen molar-refractivity contribution in [2.75, 3.05) is 0 Å². The van der Waals surface area contributed by atoms with Crippen molar-refractivity contribution < 1.29 is 14.3 Å². The molecule has 0 amide bonds. The van der Waals surface area contributed by atoms with Crippen molar-refractivity contribution in [3.05, 3.63) is 34.1 Å². The van der Waals surface area contributed by atoms with Crippen molar-refractivity contribution in [1.82, 2.24) is 0 Å². The number of carbonyl (C=O) groups is 1. The SMILES string of the molecule is O=C(O)c1cc(F)cc(Cl)c1CBr. The van der Waals surface area contributed by atoms with E-state index < -0.39 is 11.8 Å². The fourth-order valence-electron chi connectivity index (χ4n) is 0.930. The molecule has 1 aromatic carbocycles. The smallest absolute Gasteiger partial charge is 0.336 e. The zero-order chi connectivity index (χ0) is 10.0. The topological polar surface area (TPSA) is 37.3 Å². The van der Waals surface area contributed by atoms with E-state index in [2.05, 4.69) is 15.9 Å². The Labute approximate surface area is 87.5 Å². The van der Waals surface area contributed by atoms with Crippen LogP contribution in [-0.4, -0.2) is 11.1 Å². The first-order valence-corrected chi connectivity index (χ1v) is 4.83. The lowest BCUT2D eigenvalue weighted by Gasteiger charge is -2.04. The Morgan fingerprint density at radius 3 is 2.69 bits per heavy atom. The van der Waals surface area contributed by atoms with E-state index in [0.717, 1.165) is 12.1 Å². The van der Waals surface area contributed by atoms with Gasteiger partial charge >= 0.3 is 5.97 Å². The van der Waals surface area contributed by atoms with Gasteiger partial charge in [0.15, 0.2) is 0 Å². The first-order valence-electron chi connectivity index (χ1n) is 3.33. The summed E-state index contributed by atoms with van der Waals surface area (Å²) in [6.45, 7) is 0. The summed E-state index contributed by atoms with van der Waals surface area (Å²) in [5.74, 6) is -1.83. The molecule has 1 N–H and O–H groups in total. The number of carboxylic acid groups (broad SMARTS) is 1. The third kappa shape index (κ3) is 2.19. The van der Waals surface area contributed by atoms with Gasteiger partial charge in [-0.2, -0.15) is 0 Å². The summed E-state index contributed by atoms with van der Waals surface area (Å²) in [6.07, 6.45) is 0. The number of benzene rings is 1. The van der Waals surface area contributed by atoms with Gasteiger partial charge in [0, 0.05) is 10.4 Å². The molecule has 0 radical (unpaired) electrons. The van der Waals surface area contributed by atoms with Crippen LogP contribution in [0.3, 0.4) is 0 Å². The van der Waals surface area contributed by atoms with Crippen LogP contribution in [0.5, 0.6) is 0 Å². The average molecular weight is 267 g/mol. The van der Waals surface area contributed by atoms with E-state index in [1.165, 1.54) is 0 Å². The number of aromatic carboxylic acids is 1. The maximum Gasteiger partial charge on any atom is 0.336 e. The first kappa shape index (κ1) is 10.5. The Balaban J connectivity index is 3.38. The molecule has 0 saturated carbocycles. The predicted molar refractivity (Wildman–Crippen MR) is 51.0 cm³/mol. The Bertz CT molecular complexity index is 354. The predicted octanol–water partition coefficient (Wildman–Crippen LogP) is 3.07. The Kier molecular flexibility index (Phi) is 3.27. The summed E-state index contributed by atoms with van der Waals surface area (Å²) in [5.41, 5.74) is 0.275. The Morgan fingerprint density at radius 1 is 1.62 bits per heavy atom. The zero-order valence-corrected chi connectivity index (χ0v) is 8.69. The molecule has 0 saturated heterocycles. The molecule has 70 valence electrons. The fourth-order valence-corrected chi connectivity index (χ4v) is 1.97. The van der Waals surface area contributed by atoms with E-state index >= 15 is 0 Å². The highest BCUT2D eigenvalue weighted by Gasteiger charge is 2.14. The summed E-state index contributed by atoms with van der Waals surface area (Å²) < 4.78 is 12.7. The van der Waals surface area contributed by atoms with Crippen LogP contribution < -0.4 is 0 Å². The minimum absolute atomic E-state index is 0.109. The Hall–Kier alpha value is -0.610. The van der Waals surface area contributed by atoms with Crippen LogP contribution in [0, 0.1) is 5.82 Å². The summed E-state index contributed by atoms with van der Waals surface area (Å²) in [6, 6.07) is 2.04. The molecule has 0 fully saturated rings. The number of rotatable bonds is 2. The second-order valence-electron chi connectivity index (χ2n) is 2.35. The number of halogens is 3. The van der Waals surface area contributed by atoms with Crippen molar-refractivity contribution in [2.45, 2.75) is 5.33 Å². The van der Waals surface area contributed by atoms with Gasteiger partial charge in [0.05, 0.1) is 5.56 Å². The maximum absolute atomic E-state index is 12.7. The molecule has 0 aromatic heterocycles. The van der Waals surface area contributed by atoms with Gasteiger partial charge in [-0.3, -0.25) is 0 Å². The van der Waals surface area contributed by atoms with Crippen molar-refractivity contribution in [3.8, 4) is 0 Å². The van der Waals surface area contributed by atoms with Gasteiger partial charge in [0.25, 0.3) is 0 Å². The van der Waals surface area contributed by atoms with Gasteiger partial charge in [0.1, 0.15) is 5.82 Å². The van der Waals surface area contributed by atoms with Crippen LogP contribution in [0.25, 0.3) is 0 Å². The molecular weight excluding hydrogens is 262 g/mol. The third-order valence-corrected chi connectivity index (χ3v) is 2.42. The molecule has 5 heteroatoms. The molecule has 0 heterocycles. The number of hydrogen-bond donors (Lipinski definition) is 1. The summed E-state index contributed by atoms with van der Waals surface area (Å²) in [4.78, 5) is 10.6. The van der Waals surface area contributed by atoms with E-state index in [1.807, 2.05) is 0 Å². The highest BCUT2D eigenvalue weighted by atomic mass is 79.9. The molecule has 0 aliphatic heterocycles. The molecule has 0 unspecified atom stereocenters. The third-order valence-electron chi connectivity index (χ3n) is 1.52. The van der Waals surface area contributed by atoms with Crippen molar-refractivity contribution in [3.63, 3.8) is 0 Å². The lowest BCUT2D eigenvalue weighted by molar-refractivity contribution is 0.0695. The highest BCUT2D eigenvalue weighted by Crippen LogP contribution is 2.24. The van der Waals surface area contributed by atoms with Crippen LogP contribution >= 0.6 is 27.5 Å². The molecule has 1 rings (SSSR count). The highest BCUT2D eigenvalue weighted by molar-refractivity contribution is 9.08. The molecule has 13 heavy (non-hydrogen) atoms. The minimum Gasteiger partial charge on any atom is -0.478 e. The molecule has 0 aliphatic carbocycles. The zero-order valence-electron chi connectivity index (χ0n) is 6.35. The second-order valence-corrected chi connectivity index (χ2v) is 3.32. The Morgan fingerprint density at radius 2 is 2.23 bits per heavy atom. The van der Waals surface area contributed by atoms with E-state index in [0.29, 0.717) is 5.56 Å². The van der Waals surface area contributed by atoms with Gasteiger partial charge in [-0.05, 0) is 17.7 Å². The van der Waals surface area contributed by atoms with E-state index in [-0.39, 0.29) is 15.9 Å². The number of hydrogen-bond acceptors (Lipinski definition) is 1. The van der Waals surface area contributed by atoms with Gasteiger partial charge in [-0.1, -0.05) is 27.5 Å². The number of carboxylic acids is 1. The molecule has 1 aromatic rings. The fraction of sp³-hybridized carbons (Fsp3) is 0.125. The van der Waals surface area contributed by atoms with Crippen LogP contribution in [0.2, 0.25) is 5.02 Å². The van der Waals surface area contributed by atoms with E-state index in [4.69, 9.17) is 16.7 Å². The number of alkyl halides is 1. The lowest BCUT2D eigenvalue weighted by atomic mass is 10.1. The second kappa shape index (κ2) is 4.07. The summed E-state index contributed by atoms with van der Waals surface area (Å²) in [7, 11) is 0. The molecular formula is C8H5BrClFO2. The van der Waals surface area contributed by atoms with Gasteiger partial charge in [0.2, 0.25) is 0 Å². The minimum atomic E-state index is -1.18. The van der Waals surface area contributed by atoms with Crippen LogP contribution in [0.1, 0.15) is 15.9 Å². The summed E-state index contributed by atoms with van der Waals surface area (Å²) >= 11 is 8.73. The van der Waals surface area contributed by atoms with E-state index in [9.17, 15) is 9.18 Å². The maximum atomic E-state index is 12.7. The molecule has 0 aliphatic rings. The quantitative estimate of drug-likeness (QED) is 0.836. The van der Waals surface area contributed by atoms with Crippen molar-refractivity contribution in [2.24, 2.45) is 0 Å². The average Bonchev–Trinajstić information content (AvgIpc) is 2.02. The monoisotopic (exact) mass is 266 g/mol. The van der Waals surface area contributed by atoms with Crippen LogP contribution in [-0.2, 0) is 5.33 Å². The molecule has 0 bridgehead atoms. The molecule has 2 nitrogen and oxygen atoms in total. The largest absolute Gasteiger partial charge is 0.478 e. The lowest BCUT2D eigenvalue weighted by Crippen LogP contribution is -2.02. The molecule has 0 atom stereocenters. The van der Waals surface area contributed by atoms with Crippen molar-refractivity contribution >= 4 is 33.5 Å². The van der Waals surface area contributed by atoms with Gasteiger partial charge < -0.3 is 5.11 Å². The van der Waals surface area contributed by atoms with E-state index in [1.54, 1.807) is 0 Å². The van der Waals surface area contributed by atoms with Crippen molar-refractivity contribution in [1.29, 1.82) is 0 Å². The van der Waals surface area contributed by atoms with Crippen LogP contribution in [0.4, 0.5) is 4.39 Å². The first-order chi connectivity index (χ1) is 6.06. The van der Waals surface area contributed by atoms with Crippen LogP contribution in [0.15, 0.2) is 12.1 Å². The van der Waals surface area contributed by atoms with Gasteiger partial charge in [-0.15, -0.1) is 0 Å².